The number of hydrogen-bond donors (Lipinski definition) is 0. The van der Waals surface area contributed by atoms with E-state index in [1.165, 1.54) is 36.2 Å². The monoisotopic (exact) mass is 775 g/mol. The molecule has 1 spiro atoms. The number of alkyl halides is 3. The molecule has 1 atom stereocenters. The molecular formula is C35H36Cl4F3N3O3S. The average molecular weight is 778 g/mol. The molecule has 2 heterocycles. The maximum atomic E-state index is 13.9. The number of thioether (sulfide) groups is 1. The molecule has 2 aliphatic rings. The Morgan fingerprint density at radius 2 is 1.65 bits per heavy atom. The van der Waals surface area contributed by atoms with Gasteiger partial charge in [-0.15, -0.1) is 11.8 Å². The maximum Gasteiger partial charge on any atom is 0.415 e. The molecule has 0 bridgehead atoms. The van der Waals surface area contributed by atoms with Crippen LogP contribution < -0.4 is 4.74 Å². The van der Waals surface area contributed by atoms with Crippen LogP contribution in [0.15, 0.2) is 60.7 Å². The number of hydrogen-bond acceptors (Lipinski definition) is 5. The number of ether oxygens (including phenoxy) is 1. The van der Waals surface area contributed by atoms with Gasteiger partial charge in [-0.1, -0.05) is 82.8 Å². The second-order valence-corrected chi connectivity index (χ2v) is 15.5. The van der Waals surface area contributed by atoms with Gasteiger partial charge in [0, 0.05) is 31.1 Å². The summed E-state index contributed by atoms with van der Waals surface area (Å²) in [5, 5.41) is 0.633. The van der Waals surface area contributed by atoms with Crippen LogP contribution in [-0.2, 0) is 20.8 Å². The minimum absolute atomic E-state index is 0.00385. The normalized spacial score (nSPS) is 17.0. The van der Waals surface area contributed by atoms with Gasteiger partial charge in [-0.05, 0) is 86.3 Å². The van der Waals surface area contributed by atoms with Gasteiger partial charge >= 0.3 is 12.3 Å². The van der Waals surface area contributed by atoms with Crippen LogP contribution in [0, 0.1) is 0 Å². The summed E-state index contributed by atoms with van der Waals surface area (Å²) in [4.78, 5) is 31.4. The van der Waals surface area contributed by atoms with Crippen molar-refractivity contribution in [2.75, 3.05) is 40.3 Å². The Kier molecular flexibility index (Phi) is 12.0. The van der Waals surface area contributed by atoms with Crippen molar-refractivity contribution in [3.8, 4) is 5.75 Å². The molecule has 0 radical (unpaired) electrons. The van der Waals surface area contributed by atoms with Gasteiger partial charge in [-0.25, -0.2) is 4.79 Å². The molecule has 2 aliphatic heterocycles. The molecule has 1 fully saturated rings. The summed E-state index contributed by atoms with van der Waals surface area (Å²) in [5.74, 6) is -0.136. The predicted molar refractivity (Wildman–Crippen MR) is 191 cm³/mol. The van der Waals surface area contributed by atoms with Crippen molar-refractivity contribution in [1.29, 1.82) is 0 Å². The largest absolute Gasteiger partial charge is 0.415 e. The lowest BCUT2D eigenvalue weighted by molar-refractivity contribution is -0.161. The molecule has 3 aromatic carbocycles. The SMILES string of the molecule is CN(C[C@](CCCN1CCC2(CC1)SCc1ccccc12)(c1ccc(Cl)c(Cl)c1)N(C)C(=O)Oc1cccc(Cl)c1Cl)C(=O)CC(F)(F)F. The van der Waals surface area contributed by atoms with Crippen molar-refractivity contribution in [3.63, 3.8) is 0 Å². The third-order valence-electron chi connectivity index (χ3n) is 9.50. The second-order valence-electron chi connectivity index (χ2n) is 12.6. The molecule has 49 heavy (non-hydrogen) atoms. The van der Waals surface area contributed by atoms with Gasteiger partial charge in [0.2, 0.25) is 5.91 Å². The molecule has 0 unspecified atom stereocenters. The summed E-state index contributed by atoms with van der Waals surface area (Å²) in [6, 6.07) is 18.0. The van der Waals surface area contributed by atoms with E-state index < -0.39 is 30.1 Å². The summed E-state index contributed by atoms with van der Waals surface area (Å²) in [5.41, 5.74) is 1.90. The summed E-state index contributed by atoms with van der Waals surface area (Å²) in [6.07, 6.45) is -4.44. The quantitative estimate of drug-likeness (QED) is 0.205. The van der Waals surface area contributed by atoms with E-state index in [1.807, 2.05) is 11.8 Å². The van der Waals surface area contributed by atoms with E-state index in [2.05, 4.69) is 29.2 Å². The Morgan fingerprint density at radius 3 is 2.35 bits per heavy atom. The van der Waals surface area contributed by atoms with Crippen LogP contribution in [0.1, 0.15) is 48.8 Å². The number of halogens is 7. The molecule has 2 amide bonds. The lowest BCUT2D eigenvalue weighted by Crippen LogP contribution is -2.55. The average Bonchev–Trinajstić information content (AvgIpc) is 3.41. The molecule has 1 saturated heterocycles. The number of benzene rings is 3. The Bertz CT molecular complexity index is 1690. The minimum atomic E-state index is -4.71. The van der Waals surface area contributed by atoms with Gasteiger partial charge in [0.05, 0.1) is 20.6 Å². The first-order valence-electron chi connectivity index (χ1n) is 15.7. The third kappa shape index (κ3) is 8.59. The molecule has 5 rings (SSSR count). The van der Waals surface area contributed by atoms with Crippen molar-refractivity contribution in [3.05, 3.63) is 97.4 Å². The Balaban J connectivity index is 1.42. The molecule has 0 aromatic heterocycles. The van der Waals surface area contributed by atoms with Crippen molar-refractivity contribution in [1.82, 2.24) is 14.7 Å². The number of fused-ring (bicyclic) bond motifs is 2. The zero-order valence-electron chi connectivity index (χ0n) is 27.0. The number of likely N-dealkylation sites (tertiary alicyclic amines) is 1. The first-order chi connectivity index (χ1) is 23.1. The summed E-state index contributed by atoms with van der Waals surface area (Å²) >= 11 is 27.2. The number of rotatable bonds is 10. The highest BCUT2D eigenvalue weighted by molar-refractivity contribution is 7.99. The second kappa shape index (κ2) is 15.5. The van der Waals surface area contributed by atoms with Gasteiger partial charge in [0.15, 0.2) is 5.75 Å². The maximum absolute atomic E-state index is 13.9. The molecule has 14 heteroatoms. The van der Waals surface area contributed by atoms with E-state index in [1.54, 1.807) is 30.3 Å². The van der Waals surface area contributed by atoms with Gasteiger partial charge in [-0.2, -0.15) is 13.2 Å². The fraction of sp³-hybridized carbons (Fsp3) is 0.429. The minimum Gasteiger partial charge on any atom is -0.409 e. The fourth-order valence-electron chi connectivity index (χ4n) is 6.79. The van der Waals surface area contributed by atoms with Crippen LogP contribution in [0.3, 0.4) is 0 Å². The standard InChI is InChI=1S/C35H36Cl4F3N3O3S/c1-43(30(46)20-35(40,41)42)22-33(24-11-12-26(36)28(38)19-24,44(2)32(47)48-29-10-5-9-27(37)31(29)39)13-6-16-45-17-14-34(15-18-45)25-8-4-3-7-23(25)21-49-34/h3-5,7-12,19H,6,13-18,20-22H2,1-2H3/t33-/m1/s1. The Morgan fingerprint density at radius 1 is 0.939 bits per heavy atom. The number of likely N-dealkylation sites (N-methyl/N-ethyl adjacent to an activating group) is 2. The van der Waals surface area contributed by atoms with Crippen LogP contribution in [0.25, 0.3) is 0 Å². The molecule has 6 nitrogen and oxygen atoms in total. The van der Waals surface area contributed by atoms with Crippen LogP contribution in [0.5, 0.6) is 5.75 Å². The van der Waals surface area contributed by atoms with Crippen LogP contribution in [0.2, 0.25) is 20.1 Å². The summed E-state index contributed by atoms with van der Waals surface area (Å²) in [7, 11) is 2.76. The van der Waals surface area contributed by atoms with Crippen molar-refractivity contribution in [2.24, 2.45) is 0 Å². The predicted octanol–water partition coefficient (Wildman–Crippen LogP) is 10.1. The van der Waals surface area contributed by atoms with E-state index in [-0.39, 0.29) is 43.6 Å². The summed E-state index contributed by atoms with van der Waals surface area (Å²) < 4.78 is 45.8. The summed E-state index contributed by atoms with van der Waals surface area (Å²) in [6.45, 7) is 2.12. The van der Waals surface area contributed by atoms with E-state index in [4.69, 9.17) is 51.1 Å². The number of carbonyl (C=O) groups is 2. The lowest BCUT2D eigenvalue weighted by atomic mass is 9.82. The van der Waals surface area contributed by atoms with Crippen LogP contribution in [0.4, 0.5) is 18.0 Å². The molecule has 0 N–H and O–H groups in total. The fourth-order valence-corrected chi connectivity index (χ4v) is 8.92. The highest BCUT2D eigenvalue weighted by atomic mass is 35.5. The van der Waals surface area contributed by atoms with Gasteiger partial charge < -0.3 is 14.5 Å². The van der Waals surface area contributed by atoms with Crippen molar-refractivity contribution in [2.45, 2.75) is 54.3 Å². The van der Waals surface area contributed by atoms with Crippen LogP contribution in [-0.4, -0.2) is 73.2 Å². The van der Waals surface area contributed by atoms with E-state index >= 15 is 0 Å². The van der Waals surface area contributed by atoms with Crippen molar-refractivity contribution < 1.29 is 27.5 Å². The molecule has 0 saturated carbocycles. The van der Waals surface area contributed by atoms with Gasteiger partial charge in [0.1, 0.15) is 11.4 Å². The number of piperidine rings is 1. The third-order valence-corrected chi connectivity index (χ3v) is 12.7. The van der Waals surface area contributed by atoms with Gasteiger partial charge in [0.25, 0.3) is 0 Å². The lowest BCUT2D eigenvalue weighted by Gasteiger charge is -2.45. The first-order valence-corrected chi connectivity index (χ1v) is 18.2. The zero-order valence-corrected chi connectivity index (χ0v) is 30.8. The first kappa shape index (κ1) is 37.9. The highest BCUT2D eigenvalue weighted by Gasteiger charge is 2.45. The topological polar surface area (TPSA) is 53.1 Å². The highest BCUT2D eigenvalue weighted by Crippen LogP contribution is 2.53. The molecule has 264 valence electrons. The van der Waals surface area contributed by atoms with E-state index in [9.17, 15) is 22.8 Å². The van der Waals surface area contributed by atoms with E-state index in [0.717, 1.165) is 36.6 Å². The number of nitrogens with zero attached hydrogens (tertiary/aromatic N) is 3. The zero-order chi connectivity index (χ0) is 35.6. The Labute approximate surface area is 308 Å². The molecule has 0 aliphatic carbocycles. The van der Waals surface area contributed by atoms with Gasteiger partial charge in [-0.3, -0.25) is 9.69 Å². The van der Waals surface area contributed by atoms with E-state index in [0.29, 0.717) is 18.5 Å². The number of amides is 2. The van der Waals surface area contributed by atoms with Crippen LogP contribution >= 0.6 is 58.2 Å². The molecule has 3 aromatic rings. The van der Waals surface area contributed by atoms with Crippen molar-refractivity contribution >= 4 is 70.2 Å². The smallest absolute Gasteiger partial charge is 0.409 e. The molecular weight excluding hydrogens is 741 g/mol. The Hall–Kier alpha value is -2.34. The number of carbonyl (C=O) groups excluding carboxylic acids is 2.